The van der Waals surface area contributed by atoms with Gasteiger partial charge in [-0.2, -0.15) is 0 Å². The Kier molecular flexibility index (Phi) is 9.82. The molecule has 0 fully saturated rings. The van der Waals surface area contributed by atoms with E-state index in [9.17, 15) is 9.59 Å². The molecule has 19 heavy (non-hydrogen) atoms. The molecule has 7 nitrogen and oxygen atoms in total. The number of urea groups is 1. The molecule has 0 bridgehead atoms. The second-order valence-electron chi connectivity index (χ2n) is 4.44. The topological polar surface area (TPSA) is 82.7 Å². The highest BCUT2D eigenvalue weighted by atomic mass is 16.5. The summed E-state index contributed by atoms with van der Waals surface area (Å²) in [5.74, 6) is -0.0463. The number of hydrogen-bond donors (Lipinski definition) is 3. The van der Waals surface area contributed by atoms with Crippen molar-refractivity contribution in [2.75, 3.05) is 47.4 Å². The Morgan fingerprint density at radius 3 is 2.42 bits per heavy atom. The molecule has 1 atom stereocenters. The molecule has 0 heterocycles. The lowest BCUT2D eigenvalue weighted by atomic mass is 10.3. The molecule has 0 saturated carbocycles. The molecule has 0 spiro atoms. The van der Waals surface area contributed by atoms with Crippen molar-refractivity contribution < 1.29 is 14.3 Å². The van der Waals surface area contributed by atoms with E-state index < -0.39 is 0 Å². The van der Waals surface area contributed by atoms with Crippen molar-refractivity contribution >= 4 is 11.9 Å². The monoisotopic (exact) mass is 274 g/mol. The van der Waals surface area contributed by atoms with Gasteiger partial charge in [0.15, 0.2) is 0 Å². The van der Waals surface area contributed by atoms with Crippen molar-refractivity contribution in [1.29, 1.82) is 0 Å². The number of nitrogens with zero attached hydrogens (tertiary/aromatic N) is 1. The highest BCUT2D eigenvalue weighted by molar-refractivity contribution is 5.81. The fourth-order valence-electron chi connectivity index (χ4n) is 1.29. The summed E-state index contributed by atoms with van der Waals surface area (Å²) >= 11 is 0. The van der Waals surface area contributed by atoms with Gasteiger partial charge >= 0.3 is 6.03 Å². The van der Waals surface area contributed by atoms with Gasteiger partial charge < -0.3 is 25.6 Å². The number of hydrogen-bond acceptors (Lipinski definition) is 4. The quantitative estimate of drug-likeness (QED) is 0.490. The largest absolute Gasteiger partial charge is 0.385 e. The van der Waals surface area contributed by atoms with Gasteiger partial charge in [0.2, 0.25) is 5.91 Å². The molecule has 0 rings (SSSR count). The Bertz CT molecular complexity index is 272. The Morgan fingerprint density at radius 2 is 1.84 bits per heavy atom. The van der Waals surface area contributed by atoms with Gasteiger partial charge in [0, 0.05) is 47.4 Å². The number of carbonyl (C=O) groups is 2. The van der Waals surface area contributed by atoms with Crippen LogP contribution in [0.2, 0.25) is 0 Å². The van der Waals surface area contributed by atoms with Crippen LogP contribution in [0.15, 0.2) is 0 Å². The number of rotatable bonds is 9. The standard InChI is InChI=1S/C12H26N4O3/c1-10(11(17)14-6-5-9-19-4)13-7-8-15-12(18)16(2)3/h10,13H,5-9H2,1-4H3,(H,14,17)(H,15,18). The third-order valence-electron chi connectivity index (χ3n) is 2.48. The molecule has 0 saturated heterocycles. The first-order valence-corrected chi connectivity index (χ1v) is 6.44. The summed E-state index contributed by atoms with van der Waals surface area (Å²) in [4.78, 5) is 24.3. The Labute approximate surface area is 115 Å². The number of ether oxygens (including phenoxy) is 1. The summed E-state index contributed by atoms with van der Waals surface area (Å²) in [5.41, 5.74) is 0. The minimum absolute atomic E-state index is 0.0463. The molecular weight excluding hydrogens is 248 g/mol. The average molecular weight is 274 g/mol. The first-order chi connectivity index (χ1) is 8.99. The SMILES string of the molecule is COCCCNC(=O)C(C)NCCNC(=O)N(C)C. The molecular formula is C12H26N4O3. The Morgan fingerprint density at radius 1 is 1.16 bits per heavy atom. The molecule has 3 amide bonds. The Hall–Kier alpha value is -1.34. The minimum atomic E-state index is -0.279. The third-order valence-corrected chi connectivity index (χ3v) is 2.48. The second-order valence-corrected chi connectivity index (χ2v) is 4.44. The van der Waals surface area contributed by atoms with Crippen LogP contribution < -0.4 is 16.0 Å². The van der Waals surface area contributed by atoms with Crippen LogP contribution in [0.1, 0.15) is 13.3 Å². The maximum absolute atomic E-state index is 11.6. The van der Waals surface area contributed by atoms with Gasteiger partial charge in [0.25, 0.3) is 0 Å². The molecule has 0 aliphatic heterocycles. The number of nitrogens with one attached hydrogen (secondary N) is 3. The summed E-state index contributed by atoms with van der Waals surface area (Å²) in [5, 5.41) is 8.56. The van der Waals surface area contributed by atoms with E-state index in [1.54, 1.807) is 28.1 Å². The van der Waals surface area contributed by atoms with Crippen molar-refractivity contribution in [2.24, 2.45) is 0 Å². The van der Waals surface area contributed by atoms with E-state index in [-0.39, 0.29) is 18.0 Å². The molecule has 0 aromatic rings. The van der Waals surface area contributed by atoms with E-state index in [1.165, 1.54) is 4.90 Å². The number of amides is 3. The molecule has 0 aliphatic carbocycles. The zero-order valence-electron chi connectivity index (χ0n) is 12.3. The van der Waals surface area contributed by atoms with E-state index in [2.05, 4.69) is 16.0 Å². The van der Waals surface area contributed by atoms with Gasteiger partial charge in [0.05, 0.1) is 6.04 Å². The zero-order chi connectivity index (χ0) is 14.7. The third kappa shape index (κ3) is 9.26. The van der Waals surface area contributed by atoms with E-state index in [4.69, 9.17) is 4.74 Å². The van der Waals surface area contributed by atoms with Crippen LogP contribution in [0.4, 0.5) is 4.79 Å². The van der Waals surface area contributed by atoms with Gasteiger partial charge in [-0.15, -0.1) is 0 Å². The van der Waals surface area contributed by atoms with Crippen LogP contribution in [0, 0.1) is 0 Å². The van der Waals surface area contributed by atoms with E-state index >= 15 is 0 Å². The molecule has 3 N–H and O–H groups in total. The van der Waals surface area contributed by atoms with Crippen LogP contribution in [0.25, 0.3) is 0 Å². The summed E-state index contributed by atoms with van der Waals surface area (Å²) < 4.78 is 4.89. The van der Waals surface area contributed by atoms with Gasteiger partial charge in [0.1, 0.15) is 0 Å². The van der Waals surface area contributed by atoms with Crippen molar-refractivity contribution in [2.45, 2.75) is 19.4 Å². The van der Waals surface area contributed by atoms with Crippen LogP contribution in [0.5, 0.6) is 0 Å². The highest BCUT2D eigenvalue weighted by Crippen LogP contribution is 1.84. The molecule has 0 aromatic heterocycles. The van der Waals surface area contributed by atoms with Crippen LogP contribution in [-0.2, 0) is 9.53 Å². The lowest BCUT2D eigenvalue weighted by Gasteiger charge is -2.15. The maximum atomic E-state index is 11.6. The zero-order valence-corrected chi connectivity index (χ0v) is 12.3. The number of methoxy groups -OCH3 is 1. The van der Waals surface area contributed by atoms with E-state index in [1.807, 2.05) is 0 Å². The molecule has 0 aliphatic rings. The summed E-state index contributed by atoms with van der Waals surface area (Å²) in [6.45, 7) is 4.07. The molecule has 0 radical (unpaired) electrons. The minimum Gasteiger partial charge on any atom is -0.385 e. The van der Waals surface area contributed by atoms with Crippen LogP contribution in [-0.4, -0.2) is 70.3 Å². The average Bonchev–Trinajstić information content (AvgIpc) is 2.38. The lowest BCUT2D eigenvalue weighted by molar-refractivity contribution is -0.122. The molecule has 1 unspecified atom stereocenters. The van der Waals surface area contributed by atoms with Gasteiger partial charge in [-0.25, -0.2) is 4.79 Å². The molecule has 0 aromatic carbocycles. The smallest absolute Gasteiger partial charge is 0.316 e. The normalized spacial score (nSPS) is 11.8. The predicted molar refractivity (Wildman–Crippen MR) is 74.1 cm³/mol. The van der Waals surface area contributed by atoms with Gasteiger partial charge in [-0.05, 0) is 13.3 Å². The fourth-order valence-corrected chi connectivity index (χ4v) is 1.29. The molecule has 112 valence electrons. The summed E-state index contributed by atoms with van der Waals surface area (Å²) in [6.07, 6.45) is 0.799. The fraction of sp³-hybridized carbons (Fsp3) is 0.833. The number of carbonyl (C=O) groups excluding carboxylic acids is 2. The van der Waals surface area contributed by atoms with Gasteiger partial charge in [-0.1, -0.05) is 0 Å². The van der Waals surface area contributed by atoms with Crippen molar-refractivity contribution in [3.8, 4) is 0 Å². The van der Waals surface area contributed by atoms with Gasteiger partial charge in [-0.3, -0.25) is 4.79 Å². The second kappa shape index (κ2) is 10.6. The Balaban J connectivity index is 3.59. The summed E-state index contributed by atoms with van der Waals surface area (Å²) in [7, 11) is 4.99. The lowest BCUT2D eigenvalue weighted by Crippen LogP contribution is -2.46. The predicted octanol–water partition coefficient (Wildman–Crippen LogP) is -0.612. The summed E-state index contributed by atoms with van der Waals surface area (Å²) in [6, 6.07) is -0.419. The first-order valence-electron chi connectivity index (χ1n) is 6.44. The maximum Gasteiger partial charge on any atom is 0.316 e. The van der Waals surface area contributed by atoms with Crippen molar-refractivity contribution in [3.05, 3.63) is 0 Å². The van der Waals surface area contributed by atoms with E-state index in [0.717, 1.165) is 6.42 Å². The van der Waals surface area contributed by atoms with E-state index in [0.29, 0.717) is 26.2 Å². The van der Waals surface area contributed by atoms with Crippen molar-refractivity contribution in [1.82, 2.24) is 20.9 Å². The molecule has 7 heteroatoms. The van der Waals surface area contributed by atoms with Crippen LogP contribution in [0.3, 0.4) is 0 Å². The van der Waals surface area contributed by atoms with Crippen molar-refractivity contribution in [3.63, 3.8) is 0 Å². The van der Waals surface area contributed by atoms with Crippen LogP contribution >= 0.6 is 0 Å². The first kappa shape index (κ1) is 17.7. The highest BCUT2D eigenvalue weighted by Gasteiger charge is 2.11.